The average molecular weight is 242 g/mol. The number of aromatic nitrogens is 1. The molecule has 0 amide bonds. The number of hydrogen-bond donors (Lipinski definition) is 1. The van der Waals surface area contributed by atoms with Gasteiger partial charge < -0.3 is 5.11 Å². The molecule has 0 aliphatic heterocycles. The van der Waals surface area contributed by atoms with Crippen LogP contribution in [0.5, 0.6) is 0 Å². The molecule has 5 heteroatoms. The molecule has 1 aromatic rings. The van der Waals surface area contributed by atoms with E-state index in [9.17, 15) is 4.79 Å². The summed E-state index contributed by atoms with van der Waals surface area (Å²) in [4.78, 5) is 17.0. The predicted octanol–water partition coefficient (Wildman–Crippen LogP) is 2.00. The number of rotatable bonds is 6. The summed E-state index contributed by atoms with van der Waals surface area (Å²) in [6, 6.07) is 0.211. The molecule has 1 heterocycles. The molecule has 0 fully saturated rings. The zero-order valence-electron chi connectivity index (χ0n) is 9.93. The number of thiazole rings is 1. The van der Waals surface area contributed by atoms with Crippen LogP contribution in [0.15, 0.2) is 5.38 Å². The normalized spacial score (nSPS) is 11.3. The van der Waals surface area contributed by atoms with Gasteiger partial charge in [-0.05, 0) is 20.3 Å². The lowest BCUT2D eigenvalue weighted by Gasteiger charge is -2.23. The highest BCUT2D eigenvalue weighted by Gasteiger charge is 2.15. The molecule has 0 aliphatic carbocycles. The molecule has 1 N–H and O–H groups in total. The van der Waals surface area contributed by atoms with Gasteiger partial charge in [0.05, 0.1) is 17.2 Å². The van der Waals surface area contributed by atoms with E-state index >= 15 is 0 Å². The maximum Gasteiger partial charge on any atom is 0.317 e. The van der Waals surface area contributed by atoms with Crippen molar-refractivity contribution < 1.29 is 9.90 Å². The van der Waals surface area contributed by atoms with Crippen molar-refractivity contribution in [1.29, 1.82) is 0 Å². The Bertz CT molecular complexity index is 350. The van der Waals surface area contributed by atoms with Gasteiger partial charge in [0, 0.05) is 18.0 Å². The first-order valence-electron chi connectivity index (χ1n) is 5.42. The fourth-order valence-electron chi connectivity index (χ4n) is 1.39. The van der Waals surface area contributed by atoms with Crippen LogP contribution >= 0.6 is 11.3 Å². The molecular formula is C11H18N2O2S. The van der Waals surface area contributed by atoms with Gasteiger partial charge in [-0.2, -0.15) is 0 Å². The second kappa shape index (κ2) is 5.96. The van der Waals surface area contributed by atoms with Crippen molar-refractivity contribution in [2.75, 3.05) is 6.54 Å². The minimum absolute atomic E-state index is 0.0661. The van der Waals surface area contributed by atoms with E-state index < -0.39 is 5.97 Å². The van der Waals surface area contributed by atoms with Crippen molar-refractivity contribution in [2.45, 2.75) is 39.8 Å². The van der Waals surface area contributed by atoms with Gasteiger partial charge in [-0.25, -0.2) is 4.98 Å². The molecule has 0 saturated heterocycles. The molecule has 1 aromatic heterocycles. The Kier molecular flexibility index (Phi) is 4.89. The maximum atomic E-state index is 10.7. The van der Waals surface area contributed by atoms with Crippen LogP contribution in [0.1, 0.15) is 31.5 Å². The van der Waals surface area contributed by atoms with Crippen molar-refractivity contribution in [3.63, 3.8) is 0 Å². The Morgan fingerprint density at radius 3 is 2.75 bits per heavy atom. The van der Waals surface area contributed by atoms with Crippen LogP contribution in [0.25, 0.3) is 0 Å². The van der Waals surface area contributed by atoms with Gasteiger partial charge in [0.2, 0.25) is 0 Å². The number of carbonyl (C=O) groups is 1. The van der Waals surface area contributed by atoms with Crippen LogP contribution in [0.2, 0.25) is 0 Å². The van der Waals surface area contributed by atoms with Crippen molar-refractivity contribution in [2.24, 2.45) is 0 Å². The minimum atomic E-state index is -0.792. The summed E-state index contributed by atoms with van der Waals surface area (Å²) in [5, 5.41) is 11.9. The molecule has 0 radical (unpaired) electrons. The molecule has 90 valence electrons. The van der Waals surface area contributed by atoms with Gasteiger partial charge in [0.15, 0.2) is 0 Å². The van der Waals surface area contributed by atoms with Gasteiger partial charge in [-0.15, -0.1) is 11.3 Å². The van der Waals surface area contributed by atoms with Crippen LogP contribution in [0, 0.1) is 0 Å². The molecule has 1 rings (SSSR count). The first-order chi connectivity index (χ1) is 7.52. The average Bonchev–Trinajstić information content (AvgIpc) is 2.63. The number of aryl methyl sites for hydroxylation is 1. The highest BCUT2D eigenvalue weighted by atomic mass is 32.1. The molecule has 0 spiro atoms. The van der Waals surface area contributed by atoms with Gasteiger partial charge in [-0.3, -0.25) is 9.69 Å². The maximum absolute atomic E-state index is 10.7. The molecule has 0 aromatic carbocycles. The summed E-state index contributed by atoms with van der Waals surface area (Å²) < 4.78 is 0. The Morgan fingerprint density at radius 2 is 2.31 bits per heavy atom. The van der Waals surface area contributed by atoms with Crippen LogP contribution in [-0.2, 0) is 17.8 Å². The van der Waals surface area contributed by atoms with E-state index in [-0.39, 0.29) is 12.6 Å². The Morgan fingerprint density at radius 1 is 1.62 bits per heavy atom. The van der Waals surface area contributed by atoms with E-state index in [4.69, 9.17) is 5.11 Å². The topological polar surface area (TPSA) is 53.4 Å². The summed E-state index contributed by atoms with van der Waals surface area (Å²) in [5.41, 5.74) is 0.969. The molecule has 4 nitrogen and oxygen atoms in total. The quantitative estimate of drug-likeness (QED) is 0.829. The lowest BCUT2D eigenvalue weighted by molar-refractivity contribution is -0.138. The monoisotopic (exact) mass is 242 g/mol. The molecule has 0 saturated carbocycles. The smallest absolute Gasteiger partial charge is 0.317 e. The minimum Gasteiger partial charge on any atom is -0.480 e. The zero-order valence-corrected chi connectivity index (χ0v) is 10.8. The van der Waals surface area contributed by atoms with Crippen LogP contribution in [0.4, 0.5) is 0 Å². The fraction of sp³-hybridized carbons (Fsp3) is 0.636. The van der Waals surface area contributed by atoms with Crippen molar-refractivity contribution in [3.05, 3.63) is 16.1 Å². The van der Waals surface area contributed by atoms with Crippen molar-refractivity contribution in [1.82, 2.24) is 9.88 Å². The number of carboxylic acid groups (broad SMARTS) is 1. The molecule has 0 unspecified atom stereocenters. The Hall–Kier alpha value is -0.940. The van der Waals surface area contributed by atoms with Gasteiger partial charge in [0.25, 0.3) is 0 Å². The molecule has 0 bridgehead atoms. The highest BCUT2D eigenvalue weighted by molar-refractivity contribution is 7.09. The van der Waals surface area contributed by atoms with E-state index in [1.165, 1.54) is 0 Å². The third-order valence-electron chi connectivity index (χ3n) is 2.34. The van der Waals surface area contributed by atoms with E-state index in [1.807, 2.05) is 24.1 Å². The summed E-state index contributed by atoms with van der Waals surface area (Å²) in [7, 11) is 0. The number of hydrogen-bond acceptors (Lipinski definition) is 4. The largest absolute Gasteiger partial charge is 0.480 e. The van der Waals surface area contributed by atoms with E-state index in [1.54, 1.807) is 11.3 Å². The third kappa shape index (κ3) is 3.90. The number of carboxylic acids is 1. The Balaban J connectivity index is 2.63. The second-order valence-electron chi connectivity index (χ2n) is 3.98. The zero-order chi connectivity index (χ0) is 12.1. The lowest BCUT2D eigenvalue weighted by atomic mass is 10.3. The lowest BCUT2D eigenvalue weighted by Crippen LogP contribution is -2.35. The molecule has 16 heavy (non-hydrogen) atoms. The first kappa shape index (κ1) is 13.1. The molecular weight excluding hydrogens is 224 g/mol. The summed E-state index contributed by atoms with van der Waals surface area (Å²) in [6.45, 7) is 6.74. The number of nitrogens with zero attached hydrogens (tertiary/aromatic N) is 2. The molecule has 0 atom stereocenters. The standard InChI is InChI=1S/C11H18N2O2S/c1-4-10-12-9(7-16-10)5-13(8(2)3)6-11(14)15/h7-8H,4-6H2,1-3H3,(H,14,15). The van der Waals surface area contributed by atoms with Crippen molar-refractivity contribution in [3.8, 4) is 0 Å². The van der Waals surface area contributed by atoms with E-state index in [0.717, 1.165) is 17.1 Å². The fourth-order valence-corrected chi connectivity index (χ4v) is 2.12. The van der Waals surface area contributed by atoms with Gasteiger partial charge in [-0.1, -0.05) is 6.92 Å². The van der Waals surface area contributed by atoms with Gasteiger partial charge in [0.1, 0.15) is 0 Å². The highest BCUT2D eigenvalue weighted by Crippen LogP contribution is 2.13. The summed E-state index contributed by atoms with van der Waals surface area (Å²) >= 11 is 1.64. The van der Waals surface area contributed by atoms with E-state index in [0.29, 0.717) is 6.54 Å². The molecule has 0 aliphatic rings. The third-order valence-corrected chi connectivity index (χ3v) is 3.38. The number of aliphatic carboxylic acids is 1. The van der Waals surface area contributed by atoms with Crippen LogP contribution < -0.4 is 0 Å². The SMILES string of the molecule is CCc1nc(CN(CC(=O)O)C(C)C)cs1. The Labute approximate surface area is 99.9 Å². The second-order valence-corrected chi connectivity index (χ2v) is 4.92. The van der Waals surface area contributed by atoms with Gasteiger partial charge >= 0.3 is 5.97 Å². The van der Waals surface area contributed by atoms with Crippen molar-refractivity contribution >= 4 is 17.3 Å². The van der Waals surface area contributed by atoms with Crippen LogP contribution in [-0.4, -0.2) is 33.5 Å². The summed E-state index contributed by atoms with van der Waals surface area (Å²) in [6.07, 6.45) is 0.936. The summed E-state index contributed by atoms with van der Waals surface area (Å²) in [5.74, 6) is -0.792. The first-order valence-corrected chi connectivity index (χ1v) is 6.30. The van der Waals surface area contributed by atoms with E-state index in [2.05, 4.69) is 11.9 Å². The predicted molar refractivity (Wildman–Crippen MR) is 64.7 cm³/mol. The van der Waals surface area contributed by atoms with Crippen LogP contribution in [0.3, 0.4) is 0 Å².